The van der Waals surface area contributed by atoms with E-state index in [1.807, 2.05) is 63.2 Å². The molecule has 0 aliphatic carbocycles. The normalized spacial score (nSPS) is 11.9. The van der Waals surface area contributed by atoms with Crippen molar-refractivity contribution < 1.29 is 14.3 Å². The molecule has 0 radical (unpaired) electrons. The molecule has 4 rings (SSSR count). The highest BCUT2D eigenvalue weighted by Crippen LogP contribution is 2.27. The zero-order chi connectivity index (χ0) is 25.3. The average Bonchev–Trinajstić information content (AvgIpc) is 3.18. The van der Waals surface area contributed by atoms with Gasteiger partial charge in [-0.2, -0.15) is 0 Å². The summed E-state index contributed by atoms with van der Waals surface area (Å²) < 4.78 is 6.92. The Morgan fingerprint density at radius 1 is 1.06 bits per heavy atom. The van der Waals surface area contributed by atoms with Crippen LogP contribution in [0.3, 0.4) is 0 Å². The molecule has 2 aromatic carbocycles. The molecular formula is C27H27N3O4S. The molecule has 0 fully saturated rings. The molecule has 35 heavy (non-hydrogen) atoms. The molecule has 2 heterocycles. The van der Waals surface area contributed by atoms with Gasteiger partial charge in [0.25, 0.3) is 5.56 Å². The number of carbonyl (C=O) groups excluding carboxylic acids is 2. The summed E-state index contributed by atoms with van der Waals surface area (Å²) in [6.07, 6.45) is 0. The minimum Gasteiger partial charge on any atom is -0.457 e. The average molecular weight is 490 g/mol. The van der Waals surface area contributed by atoms with E-state index in [0.717, 1.165) is 44.5 Å². The van der Waals surface area contributed by atoms with Gasteiger partial charge in [-0.25, -0.2) is 9.78 Å². The molecule has 0 aliphatic rings. The smallest absolute Gasteiger partial charge is 0.350 e. The van der Waals surface area contributed by atoms with Crippen molar-refractivity contribution in [3.8, 4) is 0 Å². The van der Waals surface area contributed by atoms with Gasteiger partial charge in [0.15, 0.2) is 5.13 Å². The summed E-state index contributed by atoms with van der Waals surface area (Å²) >= 11 is 1.05. The Hall–Kier alpha value is -3.78. The lowest BCUT2D eigenvalue weighted by molar-refractivity contribution is -0.118. The van der Waals surface area contributed by atoms with Crippen molar-refractivity contribution in [2.24, 2.45) is 0 Å². The number of carbonyl (C=O) groups is 2. The number of pyridine rings is 1. The van der Waals surface area contributed by atoms with Crippen LogP contribution < -0.4 is 10.9 Å². The summed E-state index contributed by atoms with van der Waals surface area (Å²) in [4.78, 5) is 43.3. The molecule has 1 atom stereocenters. The Kier molecular flexibility index (Phi) is 6.84. The van der Waals surface area contributed by atoms with Gasteiger partial charge in [0.2, 0.25) is 5.91 Å². The summed E-state index contributed by atoms with van der Waals surface area (Å²) in [5, 5.41) is 3.99. The summed E-state index contributed by atoms with van der Waals surface area (Å²) in [6.45, 7) is 9.36. The molecule has 0 bridgehead atoms. The molecule has 4 aromatic rings. The van der Waals surface area contributed by atoms with Crippen molar-refractivity contribution in [1.82, 2.24) is 9.55 Å². The van der Waals surface area contributed by atoms with E-state index in [0.29, 0.717) is 10.6 Å². The van der Waals surface area contributed by atoms with Crippen molar-refractivity contribution >= 4 is 39.2 Å². The second-order valence-corrected chi connectivity index (χ2v) is 9.67. The number of rotatable bonds is 6. The van der Waals surface area contributed by atoms with Crippen LogP contribution in [0.2, 0.25) is 0 Å². The predicted octanol–water partition coefficient (Wildman–Crippen LogP) is 5.25. The zero-order valence-corrected chi connectivity index (χ0v) is 21.2. The fourth-order valence-electron chi connectivity index (χ4n) is 4.16. The predicted molar refractivity (Wildman–Crippen MR) is 138 cm³/mol. The number of hydrogen-bond acceptors (Lipinski definition) is 6. The number of thiazole rings is 1. The van der Waals surface area contributed by atoms with E-state index in [1.54, 1.807) is 19.9 Å². The first-order chi connectivity index (χ1) is 16.7. The van der Waals surface area contributed by atoms with Crippen LogP contribution in [0.5, 0.6) is 0 Å². The quantitative estimate of drug-likeness (QED) is 0.374. The number of anilines is 1. The van der Waals surface area contributed by atoms with Gasteiger partial charge in [-0.1, -0.05) is 53.3 Å². The molecule has 7 nitrogen and oxygen atoms in total. The van der Waals surface area contributed by atoms with Crippen LogP contribution in [0.4, 0.5) is 5.13 Å². The van der Waals surface area contributed by atoms with E-state index in [2.05, 4.69) is 10.3 Å². The maximum absolute atomic E-state index is 13.2. The Bertz CT molecular complexity index is 1490. The third kappa shape index (κ3) is 5.02. The van der Waals surface area contributed by atoms with Gasteiger partial charge in [-0.05, 0) is 57.4 Å². The van der Waals surface area contributed by atoms with Gasteiger partial charge in [-0.3, -0.25) is 14.2 Å². The van der Waals surface area contributed by atoms with Crippen LogP contribution >= 0.6 is 11.3 Å². The third-order valence-corrected chi connectivity index (χ3v) is 6.93. The summed E-state index contributed by atoms with van der Waals surface area (Å²) in [5.41, 5.74) is 4.73. The van der Waals surface area contributed by atoms with Crippen LogP contribution in [-0.4, -0.2) is 21.4 Å². The van der Waals surface area contributed by atoms with Crippen LogP contribution in [0.15, 0.2) is 53.3 Å². The van der Waals surface area contributed by atoms with E-state index >= 15 is 0 Å². The first-order valence-corrected chi connectivity index (χ1v) is 12.1. The zero-order valence-electron chi connectivity index (χ0n) is 20.3. The molecular weight excluding hydrogens is 462 g/mol. The number of fused-ring (bicyclic) bond motifs is 1. The fourth-order valence-corrected chi connectivity index (χ4v) is 5.03. The Labute approximate surface area is 207 Å². The highest BCUT2D eigenvalue weighted by atomic mass is 32.1. The SMILES string of the molecule is Cc1cc(C)c2c(c1)c(C)cc(=O)n2C(C)C(=O)Nc1nc(C)c(C(=O)OCc2ccccc2)s1. The summed E-state index contributed by atoms with van der Waals surface area (Å²) in [5.74, 6) is -0.890. The molecule has 1 N–H and O–H groups in total. The van der Waals surface area contributed by atoms with Crippen molar-refractivity contribution in [1.29, 1.82) is 0 Å². The standard InChI is InChI=1S/C27H27N3O4S/c1-15-11-17(3)23-21(12-15)16(2)13-22(31)30(23)19(5)25(32)29-27-28-18(4)24(35-27)26(33)34-14-20-9-7-6-8-10-20/h6-13,19H,14H2,1-5H3,(H,28,29,32). The molecule has 1 amide bonds. The lowest BCUT2D eigenvalue weighted by Crippen LogP contribution is -2.32. The molecule has 0 saturated carbocycles. The maximum atomic E-state index is 13.2. The van der Waals surface area contributed by atoms with E-state index in [-0.39, 0.29) is 17.3 Å². The number of nitrogens with one attached hydrogen (secondary N) is 1. The molecule has 2 aromatic heterocycles. The van der Waals surface area contributed by atoms with Crippen LogP contribution in [0.1, 0.15) is 50.6 Å². The number of aromatic nitrogens is 2. The third-order valence-electron chi connectivity index (χ3n) is 5.88. The largest absolute Gasteiger partial charge is 0.457 e. The molecule has 0 spiro atoms. The molecule has 0 aliphatic heterocycles. The minimum absolute atomic E-state index is 0.151. The van der Waals surface area contributed by atoms with Gasteiger partial charge in [0.05, 0.1) is 11.2 Å². The van der Waals surface area contributed by atoms with Gasteiger partial charge >= 0.3 is 5.97 Å². The Morgan fingerprint density at radius 2 is 1.77 bits per heavy atom. The second kappa shape index (κ2) is 9.84. The van der Waals surface area contributed by atoms with E-state index in [4.69, 9.17) is 4.74 Å². The Morgan fingerprint density at radius 3 is 2.49 bits per heavy atom. The van der Waals surface area contributed by atoms with Crippen molar-refractivity contribution in [3.63, 3.8) is 0 Å². The van der Waals surface area contributed by atoms with Gasteiger partial charge in [0.1, 0.15) is 17.5 Å². The van der Waals surface area contributed by atoms with E-state index in [9.17, 15) is 14.4 Å². The lowest BCUT2D eigenvalue weighted by atomic mass is 10.0. The first kappa shape index (κ1) is 24.3. The van der Waals surface area contributed by atoms with Crippen LogP contribution in [0, 0.1) is 27.7 Å². The fraction of sp³-hybridized carbons (Fsp3) is 0.259. The van der Waals surface area contributed by atoms with Crippen molar-refractivity contribution in [3.05, 3.63) is 91.7 Å². The monoisotopic (exact) mass is 489 g/mol. The maximum Gasteiger partial charge on any atom is 0.350 e. The second-order valence-electron chi connectivity index (χ2n) is 8.67. The topological polar surface area (TPSA) is 90.3 Å². The number of esters is 1. The van der Waals surface area contributed by atoms with Crippen molar-refractivity contribution in [2.45, 2.75) is 47.3 Å². The molecule has 1 unspecified atom stereocenters. The van der Waals surface area contributed by atoms with Gasteiger partial charge in [-0.15, -0.1) is 0 Å². The number of aryl methyl sites for hydroxylation is 4. The molecule has 180 valence electrons. The van der Waals surface area contributed by atoms with Crippen LogP contribution in [0.25, 0.3) is 10.9 Å². The highest BCUT2D eigenvalue weighted by Gasteiger charge is 2.23. The van der Waals surface area contributed by atoms with Crippen molar-refractivity contribution in [2.75, 3.05) is 5.32 Å². The van der Waals surface area contributed by atoms with E-state index < -0.39 is 17.9 Å². The van der Waals surface area contributed by atoms with Gasteiger partial charge < -0.3 is 10.1 Å². The van der Waals surface area contributed by atoms with Gasteiger partial charge in [0, 0.05) is 11.5 Å². The number of amides is 1. The Balaban J connectivity index is 1.56. The molecule has 0 saturated heterocycles. The number of benzene rings is 2. The minimum atomic E-state index is -0.787. The highest BCUT2D eigenvalue weighted by molar-refractivity contribution is 7.17. The number of ether oxygens (including phenoxy) is 1. The summed E-state index contributed by atoms with van der Waals surface area (Å²) in [7, 11) is 0. The van der Waals surface area contributed by atoms with Crippen LogP contribution in [-0.2, 0) is 16.1 Å². The number of hydrogen-bond donors (Lipinski definition) is 1. The lowest BCUT2D eigenvalue weighted by Gasteiger charge is -2.20. The number of nitrogens with zero attached hydrogens (tertiary/aromatic N) is 2. The summed E-state index contributed by atoms with van der Waals surface area (Å²) in [6, 6.07) is 14.2. The molecule has 8 heteroatoms. The van der Waals surface area contributed by atoms with E-state index in [1.165, 1.54) is 4.57 Å². The first-order valence-electron chi connectivity index (χ1n) is 11.3.